The molecule has 2 amide bonds. The van der Waals surface area contributed by atoms with Crippen molar-refractivity contribution in [1.82, 2.24) is 35.1 Å². The highest BCUT2D eigenvalue weighted by molar-refractivity contribution is 5.91. The Balaban J connectivity index is 0.864. The predicted octanol–water partition coefficient (Wildman–Crippen LogP) is 7.94. The van der Waals surface area contributed by atoms with Gasteiger partial charge >= 0.3 is 0 Å². The van der Waals surface area contributed by atoms with Crippen molar-refractivity contribution >= 4 is 22.6 Å². The van der Waals surface area contributed by atoms with Crippen molar-refractivity contribution in [3.8, 4) is 33.6 Å². The number of nitrogens with one attached hydrogen (secondary N) is 3. The number of carbonyl (C=O) groups is 2. The Labute approximate surface area is 344 Å². The van der Waals surface area contributed by atoms with Crippen LogP contribution in [0.5, 0.6) is 0 Å². The smallest absolute Gasteiger partial charge is 0.256 e. The van der Waals surface area contributed by atoms with Gasteiger partial charge in [-0.1, -0.05) is 92.7 Å². The molecule has 6 atom stereocenters. The third-order valence-electron chi connectivity index (χ3n) is 12.1. The first-order valence-electron chi connectivity index (χ1n) is 20.7. The van der Waals surface area contributed by atoms with E-state index < -0.39 is 6.10 Å². The molecule has 3 aliphatic rings. The van der Waals surface area contributed by atoms with Crippen molar-refractivity contribution in [2.24, 2.45) is 5.92 Å². The van der Waals surface area contributed by atoms with Gasteiger partial charge in [0.1, 0.15) is 11.6 Å². The van der Waals surface area contributed by atoms with Gasteiger partial charge in [-0.3, -0.25) is 14.9 Å². The fraction of sp³-hybridized carbons (Fsp3) is 0.362. The van der Waals surface area contributed by atoms with Gasteiger partial charge in [0.05, 0.1) is 41.9 Å². The lowest BCUT2D eigenvalue weighted by Crippen LogP contribution is -2.50. The fourth-order valence-corrected chi connectivity index (χ4v) is 8.83. The Morgan fingerprint density at radius 2 is 1.29 bits per heavy atom. The minimum absolute atomic E-state index is 0.0404. The molecule has 0 bridgehead atoms. The Hall–Kier alpha value is -5.66. The summed E-state index contributed by atoms with van der Waals surface area (Å²) in [5, 5.41) is 5.62. The molecule has 6 unspecified atom stereocenters. The molecule has 3 saturated heterocycles. The highest BCUT2D eigenvalue weighted by atomic mass is 16.8. The summed E-state index contributed by atoms with van der Waals surface area (Å²) in [6, 6.07) is 30.5. The van der Waals surface area contributed by atoms with Gasteiger partial charge in [0.2, 0.25) is 5.91 Å². The molecule has 9 rings (SSSR count). The van der Waals surface area contributed by atoms with Crippen LogP contribution in [-0.4, -0.2) is 87.4 Å². The number of nitrogens with zero attached hydrogens (tertiary/aromatic N) is 4. The van der Waals surface area contributed by atoms with Gasteiger partial charge in [-0.15, -0.1) is 0 Å². The molecule has 0 saturated carbocycles. The second-order valence-corrected chi connectivity index (χ2v) is 16.2. The molecule has 3 N–H and O–H groups in total. The molecule has 304 valence electrons. The van der Waals surface area contributed by atoms with E-state index in [1.165, 1.54) is 0 Å². The molecule has 3 fully saturated rings. The highest BCUT2D eigenvalue weighted by Crippen LogP contribution is 2.37. The van der Waals surface area contributed by atoms with Crippen LogP contribution in [0.2, 0.25) is 0 Å². The van der Waals surface area contributed by atoms with E-state index >= 15 is 0 Å². The van der Waals surface area contributed by atoms with Crippen LogP contribution in [0.4, 0.5) is 0 Å². The number of H-pyrrole nitrogens is 2. The summed E-state index contributed by atoms with van der Waals surface area (Å²) in [5.74, 6) is 1.73. The van der Waals surface area contributed by atoms with Crippen molar-refractivity contribution in [3.63, 3.8) is 0 Å². The number of carbonyl (C=O) groups excluding carboxylic acids is 2. The molecule has 6 aromatic rings. The summed E-state index contributed by atoms with van der Waals surface area (Å²) in [7, 11) is 3.19. The molecule has 4 aromatic carbocycles. The number of hydrogen-bond donors (Lipinski definition) is 3. The van der Waals surface area contributed by atoms with Crippen molar-refractivity contribution in [2.75, 3.05) is 27.3 Å². The summed E-state index contributed by atoms with van der Waals surface area (Å²) in [5.41, 5.74) is 7.01. The molecule has 2 aromatic heterocycles. The third-order valence-corrected chi connectivity index (χ3v) is 12.1. The molecule has 0 spiro atoms. The molecule has 3 aliphatic heterocycles. The number of epoxide rings is 1. The maximum atomic E-state index is 13.8. The second kappa shape index (κ2) is 16.5. The van der Waals surface area contributed by atoms with Gasteiger partial charge in [-0.05, 0) is 76.8 Å². The maximum Gasteiger partial charge on any atom is 0.256 e. The zero-order chi connectivity index (χ0) is 40.6. The second-order valence-electron chi connectivity index (χ2n) is 16.2. The number of likely N-dealkylation sites (tertiary alicyclic amines) is 2. The number of rotatable bonds is 13. The molecule has 5 heterocycles. The van der Waals surface area contributed by atoms with Crippen LogP contribution in [-0.2, 0) is 23.8 Å². The summed E-state index contributed by atoms with van der Waals surface area (Å²) in [4.78, 5) is 47.9. The summed E-state index contributed by atoms with van der Waals surface area (Å²) >= 11 is 0. The number of hydrogen-bond acceptors (Lipinski definition) is 8. The van der Waals surface area contributed by atoms with E-state index in [4.69, 9.17) is 24.2 Å². The number of aromatic amines is 2. The van der Waals surface area contributed by atoms with Crippen molar-refractivity contribution in [1.29, 1.82) is 0 Å². The standard InChI is InChI=1S/C47H51N7O5/c1-28(2)40(52-44-47(58-4)59-44)45(55)53-22-8-12-38(53)42-49-27-37(51-42)35-21-20-33-24-32(18-19-34(33)25-35)29-14-16-30(17-15-29)36-26-48-43(50-36)39-13-9-23-54(39)46(56)41(57-3)31-10-6-5-7-11-31/h5-7,10-11,14-21,24-28,38-41,44,47,52H,8-9,12-13,22-23H2,1-4H3,(H,48,50)(H,49,51). The molecule has 0 radical (unpaired) electrons. The van der Waals surface area contributed by atoms with Crippen LogP contribution in [0.3, 0.4) is 0 Å². The summed E-state index contributed by atoms with van der Waals surface area (Å²) < 4.78 is 16.4. The summed E-state index contributed by atoms with van der Waals surface area (Å²) in [6.07, 6.45) is 6.08. The normalized spacial score (nSPS) is 21.4. The molecule has 59 heavy (non-hydrogen) atoms. The number of methoxy groups -OCH3 is 2. The molecule has 12 heteroatoms. The van der Waals surface area contributed by atoms with Crippen LogP contribution in [0.15, 0.2) is 103 Å². The van der Waals surface area contributed by atoms with E-state index in [9.17, 15) is 9.59 Å². The van der Waals surface area contributed by atoms with Gasteiger partial charge in [-0.25, -0.2) is 9.97 Å². The number of amides is 2. The van der Waals surface area contributed by atoms with E-state index in [1.54, 1.807) is 14.2 Å². The average molecular weight is 794 g/mol. The molecule has 0 aliphatic carbocycles. The van der Waals surface area contributed by atoms with Crippen LogP contribution in [0.1, 0.15) is 74.9 Å². The van der Waals surface area contributed by atoms with E-state index in [1.807, 2.05) is 66.4 Å². The topological polar surface area (TPSA) is 141 Å². The lowest BCUT2D eigenvalue weighted by Gasteiger charge is -2.30. The zero-order valence-electron chi connectivity index (χ0n) is 33.9. The van der Waals surface area contributed by atoms with Crippen molar-refractivity contribution in [2.45, 2.75) is 76.3 Å². The van der Waals surface area contributed by atoms with Crippen molar-refractivity contribution < 1.29 is 23.8 Å². The fourth-order valence-electron chi connectivity index (χ4n) is 8.83. The van der Waals surface area contributed by atoms with Gasteiger partial charge in [0, 0.05) is 32.9 Å². The first-order valence-corrected chi connectivity index (χ1v) is 20.7. The average Bonchev–Trinajstić information content (AvgIpc) is 3.86. The Kier molecular flexibility index (Phi) is 10.9. The lowest BCUT2D eigenvalue weighted by atomic mass is 9.98. The summed E-state index contributed by atoms with van der Waals surface area (Å²) in [6.45, 7) is 5.47. The van der Waals surface area contributed by atoms with E-state index in [0.29, 0.717) is 13.1 Å². The van der Waals surface area contributed by atoms with Crippen LogP contribution in [0, 0.1) is 5.92 Å². The lowest BCUT2D eigenvalue weighted by molar-refractivity contribution is -0.143. The maximum absolute atomic E-state index is 13.8. The van der Waals surface area contributed by atoms with Gasteiger partial charge < -0.3 is 34.0 Å². The van der Waals surface area contributed by atoms with Gasteiger partial charge in [0.15, 0.2) is 18.6 Å². The molecule has 12 nitrogen and oxygen atoms in total. The highest BCUT2D eigenvalue weighted by Gasteiger charge is 2.45. The van der Waals surface area contributed by atoms with Gasteiger partial charge in [-0.2, -0.15) is 0 Å². The van der Waals surface area contributed by atoms with Gasteiger partial charge in [0.25, 0.3) is 5.91 Å². The van der Waals surface area contributed by atoms with Crippen LogP contribution in [0.25, 0.3) is 44.4 Å². The van der Waals surface area contributed by atoms with E-state index in [-0.39, 0.29) is 48.4 Å². The van der Waals surface area contributed by atoms with E-state index in [2.05, 4.69) is 75.9 Å². The molecular weight excluding hydrogens is 743 g/mol. The largest absolute Gasteiger partial charge is 0.367 e. The minimum Gasteiger partial charge on any atom is -0.367 e. The Morgan fingerprint density at radius 3 is 1.88 bits per heavy atom. The van der Waals surface area contributed by atoms with Crippen LogP contribution >= 0.6 is 0 Å². The quantitative estimate of drug-likeness (QED) is 0.100. The predicted molar refractivity (Wildman–Crippen MR) is 226 cm³/mol. The SMILES string of the molecule is COC(C(=O)N1CCCC1c1ncc(-c2ccc(-c3ccc4cc(-c5cnc(C6CCCN6C(=O)C(NC6OC6OC)C(C)C)[nH]5)ccc4c3)cc2)[nH]1)c1ccccc1. The van der Waals surface area contributed by atoms with Crippen LogP contribution < -0.4 is 5.32 Å². The third kappa shape index (κ3) is 7.81. The number of benzene rings is 4. The Morgan fingerprint density at radius 1 is 0.729 bits per heavy atom. The van der Waals surface area contributed by atoms with Crippen molar-refractivity contribution in [3.05, 3.63) is 121 Å². The number of imidazole rings is 2. The monoisotopic (exact) mass is 793 g/mol. The van der Waals surface area contributed by atoms with E-state index in [0.717, 1.165) is 87.3 Å². The molecular formula is C47H51N7O5. The zero-order valence-corrected chi connectivity index (χ0v) is 33.9. The Bertz CT molecular complexity index is 2430. The number of fused-ring (bicyclic) bond motifs is 1. The minimum atomic E-state index is -0.645. The number of ether oxygens (including phenoxy) is 3. The first-order chi connectivity index (χ1) is 28.8. The first kappa shape index (κ1) is 38.8. The number of aromatic nitrogens is 4.